The zero-order chi connectivity index (χ0) is 9.42. The number of thiazole rings is 1. The molecule has 0 aliphatic rings. The molecule has 0 unspecified atom stereocenters. The first kappa shape index (κ1) is 8.58. The molecule has 0 aliphatic heterocycles. The summed E-state index contributed by atoms with van der Waals surface area (Å²) in [6.07, 6.45) is 1.40. The predicted molar refractivity (Wildman–Crippen MR) is 54.7 cm³/mol. The van der Waals surface area contributed by atoms with Gasteiger partial charge in [-0.15, -0.1) is 0 Å². The third-order valence-corrected chi connectivity index (χ3v) is 3.21. The van der Waals surface area contributed by atoms with E-state index in [0.717, 1.165) is 6.54 Å². The largest absolute Gasteiger partial charge is 0.312 e. The highest BCUT2D eigenvalue weighted by molar-refractivity contribution is 7.73. The van der Waals surface area contributed by atoms with Gasteiger partial charge in [-0.3, -0.25) is 4.79 Å². The molecule has 0 amide bonds. The van der Waals surface area contributed by atoms with Crippen LogP contribution in [0.5, 0.6) is 0 Å². The Morgan fingerprint density at radius 3 is 3.23 bits per heavy atom. The van der Waals surface area contributed by atoms with E-state index in [4.69, 9.17) is 12.2 Å². The first-order valence-corrected chi connectivity index (χ1v) is 5.03. The maximum Gasteiger partial charge on any atom is 0.270 e. The van der Waals surface area contributed by atoms with Crippen LogP contribution in [0.25, 0.3) is 10.3 Å². The smallest absolute Gasteiger partial charge is 0.270 e. The summed E-state index contributed by atoms with van der Waals surface area (Å²) in [6.45, 7) is 2.72. The van der Waals surface area contributed by atoms with Gasteiger partial charge in [0.25, 0.3) is 5.56 Å². The van der Waals surface area contributed by atoms with Gasteiger partial charge >= 0.3 is 0 Å². The number of H-pyrrole nitrogens is 1. The van der Waals surface area contributed by atoms with Crippen molar-refractivity contribution < 1.29 is 0 Å². The minimum atomic E-state index is -0.117. The van der Waals surface area contributed by atoms with Crippen molar-refractivity contribution >= 4 is 33.9 Å². The first-order valence-electron chi connectivity index (χ1n) is 3.81. The van der Waals surface area contributed by atoms with Crippen molar-refractivity contribution in [1.29, 1.82) is 0 Å². The van der Waals surface area contributed by atoms with Crippen LogP contribution in [-0.4, -0.2) is 14.5 Å². The van der Waals surface area contributed by atoms with Crippen LogP contribution in [-0.2, 0) is 6.54 Å². The highest BCUT2D eigenvalue weighted by Crippen LogP contribution is 2.16. The molecule has 1 N–H and O–H groups in total. The summed E-state index contributed by atoms with van der Waals surface area (Å²) in [4.78, 5) is 17.9. The minimum Gasteiger partial charge on any atom is -0.312 e. The van der Waals surface area contributed by atoms with Crippen molar-refractivity contribution in [3.8, 4) is 0 Å². The van der Waals surface area contributed by atoms with Gasteiger partial charge in [-0.25, -0.2) is 4.98 Å². The number of aromatic amines is 1. The van der Waals surface area contributed by atoms with E-state index in [0.29, 0.717) is 14.3 Å². The van der Waals surface area contributed by atoms with E-state index in [1.54, 1.807) is 0 Å². The van der Waals surface area contributed by atoms with E-state index in [2.05, 4.69) is 9.97 Å². The molecule has 0 spiro atoms. The lowest BCUT2D eigenvalue weighted by Crippen LogP contribution is -2.06. The van der Waals surface area contributed by atoms with E-state index in [1.807, 2.05) is 11.5 Å². The second-order valence-corrected chi connectivity index (χ2v) is 4.14. The van der Waals surface area contributed by atoms with Gasteiger partial charge in [-0.05, 0) is 19.1 Å². The lowest BCUT2D eigenvalue weighted by Gasteiger charge is -1.95. The quantitative estimate of drug-likeness (QED) is 0.731. The lowest BCUT2D eigenvalue weighted by atomic mass is 10.6. The average molecular weight is 213 g/mol. The van der Waals surface area contributed by atoms with Crippen molar-refractivity contribution in [3.63, 3.8) is 0 Å². The number of fused-ring (bicyclic) bond motifs is 1. The maximum absolute atomic E-state index is 11.3. The van der Waals surface area contributed by atoms with Crippen LogP contribution in [0.15, 0.2) is 11.1 Å². The fraction of sp³-hybridized carbons (Fsp3) is 0.286. The molecule has 6 heteroatoms. The van der Waals surface area contributed by atoms with Gasteiger partial charge < -0.3 is 9.55 Å². The molecule has 0 saturated carbocycles. The van der Waals surface area contributed by atoms with E-state index >= 15 is 0 Å². The molecule has 13 heavy (non-hydrogen) atoms. The molecule has 0 aliphatic carbocycles. The maximum atomic E-state index is 11.3. The molecule has 0 saturated heterocycles. The van der Waals surface area contributed by atoms with Crippen molar-refractivity contribution in [1.82, 2.24) is 14.5 Å². The Kier molecular flexibility index (Phi) is 2.01. The molecule has 0 atom stereocenters. The Labute approximate surface area is 82.9 Å². The summed E-state index contributed by atoms with van der Waals surface area (Å²) < 4.78 is 3.15. The summed E-state index contributed by atoms with van der Waals surface area (Å²) >= 11 is 6.40. The van der Waals surface area contributed by atoms with Crippen molar-refractivity contribution in [3.05, 3.63) is 20.6 Å². The molecule has 0 fully saturated rings. The van der Waals surface area contributed by atoms with E-state index in [9.17, 15) is 4.79 Å². The van der Waals surface area contributed by atoms with Gasteiger partial charge in [0.15, 0.2) is 9.60 Å². The Bertz CT molecular complexity index is 551. The molecule has 2 aromatic rings. The van der Waals surface area contributed by atoms with Crippen LogP contribution in [0.1, 0.15) is 6.92 Å². The normalized spacial score (nSPS) is 10.8. The molecule has 68 valence electrons. The number of hydrogen-bond donors (Lipinski definition) is 1. The zero-order valence-electron chi connectivity index (χ0n) is 6.90. The van der Waals surface area contributed by atoms with Gasteiger partial charge in [0.2, 0.25) is 0 Å². The standard InChI is InChI=1S/C7H7N3OS2/c1-2-10-5-4(13-7(10)12)6(11)9-3-8-5/h3H,2H2,1H3,(H,8,9,11). The van der Waals surface area contributed by atoms with Crippen LogP contribution in [0.3, 0.4) is 0 Å². The summed E-state index contributed by atoms with van der Waals surface area (Å²) in [5.74, 6) is 0. The SMILES string of the molecule is CCn1c(=S)sc2c(=O)[nH]cnc21. The number of aryl methyl sites for hydroxylation is 1. The second kappa shape index (κ2) is 3.04. The number of rotatable bonds is 1. The van der Waals surface area contributed by atoms with Gasteiger partial charge in [0, 0.05) is 6.54 Å². The Balaban J connectivity index is 3.03. The number of aromatic nitrogens is 3. The van der Waals surface area contributed by atoms with Crippen LogP contribution in [0, 0.1) is 3.95 Å². The molecular formula is C7H7N3OS2. The average Bonchev–Trinajstić information content (AvgIpc) is 2.43. The molecule has 2 aromatic heterocycles. The molecule has 2 heterocycles. The fourth-order valence-corrected chi connectivity index (χ4v) is 2.54. The first-order chi connectivity index (χ1) is 6.24. The molecular weight excluding hydrogens is 206 g/mol. The second-order valence-electron chi connectivity index (χ2n) is 2.50. The van der Waals surface area contributed by atoms with E-state index in [1.165, 1.54) is 17.7 Å². The topological polar surface area (TPSA) is 50.7 Å². The molecule has 0 aromatic carbocycles. The van der Waals surface area contributed by atoms with Crippen LogP contribution in [0.4, 0.5) is 0 Å². The zero-order valence-corrected chi connectivity index (χ0v) is 8.54. The Hall–Kier alpha value is -1.01. The Morgan fingerprint density at radius 1 is 1.77 bits per heavy atom. The molecule has 0 bridgehead atoms. The van der Waals surface area contributed by atoms with Crippen LogP contribution < -0.4 is 5.56 Å². The minimum absolute atomic E-state index is 0.117. The summed E-state index contributed by atoms with van der Waals surface area (Å²) in [7, 11) is 0. The summed E-state index contributed by atoms with van der Waals surface area (Å²) in [6, 6.07) is 0. The van der Waals surface area contributed by atoms with Crippen molar-refractivity contribution in [2.75, 3.05) is 0 Å². The number of nitrogens with zero attached hydrogens (tertiary/aromatic N) is 2. The van der Waals surface area contributed by atoms with Crippen molar-refractivity contribution in [2.24, 2.45) is 0 Å². The van der Waals surface area contributed by atoms with Gasteiger partial charge in [-0.1, -0.05) is 11.3 Å². The third-order valence-electron chi connectivity index (χ3n) is 1.77. The summed E-state index contributed by atoms with van der Waals surface area (Å²) in [5, 5.41) is 0. The highest BCUT2D eigenvalue weighted by Gasteiger charge is 2.06. The van der Waals surface area contributed by atoms with E-state index < -0.39 is 0 Å². The Morgan fingerprint density at radius 2 is 2.54 bits per heavy atom. The molecule has 4 nitrogen and oxygen atoms in total. The predicted octanol–water partition coefficient (Wildman–Crippen LogP) is 1.54. The van der Waals surface area contributed by atoms with Gasteiger partial charge in [0.05, 0.1) is 6.33 Å². The van der Waals surface area contributed by atoms with E-state index in [-0.39, 0.29) is 5.56 Å². The lowest BCUT2D eigenvalue weighted by molar-refractivity contribution is 0.781. The van der Waals surface area contributed by atoms with Gasteiger partial charge in [0.1, 0.15) is 4.70 Å². The monoisotopic (exact) mass is 213 g/mol. The number of nitrogens with one attached hydrogen (secondary N) is 1. The third kappa shape index (κ3) is 1.22. The van der Waals surface area contributed by atoms with Crippen LogP contribution >= 0.6 is 23.6 Å². The van der Waals surface area contributed by atoms with Gasteiger partial charge in [-0.2, -0.15) is 0 Å². The molecule has 2 rings (SSSR count). The highest BCUT2D eigenvalue weighted by atomic mass is 32.1. The fourth-order valence-electron chi connectivity index (χ4n) is 1.17. The molecule has 0 radical (unpaired) electrons. The van der Waals surface area contributed by atoms with Crippen LogP contribution in [0.2, 0.25) is 0 Å². The van der Waals surface area contributed by atoms with Crippen molar-refractivity contribution in [2.45, 2.75) is 13.5 Å². The number of hydrogen-bond acceptors (Lipinski definition) is 4. The summed E-state index contributed by atoms with van der Waals surface area (Å²) in [5.41, 5.74) is 0.564.